The lowest BCUT2D eigenvalue weighted by atomic mass is 10.1. The number of hydrogen-bond acceptors (Lipinski definition) is 3. The molecule has 0 aliphatic carbocycles. The highest BCUT2D eigenvalue weighted by atomic mass is 31.2. The van der Waals surface area contributed by atoms with Crippen molar-refractivity contribution in [3.8, 4) is 0 Å². The standard InChI is InChI=1S/C35H34O3P2/c36-34(27-26-29-16-6-1-7-17-29)35(40(38,32-22-12-4-13-23-32)33-24-14-5-15-25-33)28-39(37,30-18-8-2-9-19-30)31-20-10-3-11-21-31/h1-25,34-36H,26-28H2/t34-,35+/m1/s1. The van der Waals surface area contributed by atoms with E-state index >= 15 is 9.13 Å². The van der Waals surface area contributed by atoms with Crippen molar-refractivity contribution in [3.63, 3.8) is 0 Å². The fraction of sp³-hybridized carbons (Fsp3) is 0.143. The molecule has 5 rings (SSSR count). The molecule has 0 spiro atoms. The summed E-state index contributed by atoms with van der Waals surface area (Å²) in [7, 11) is -6.77. The van der Waals surface area contributed by atoms with Crippen molar-refractivity contribution in [1.82, 2.24) is 0 Å². The van der Waals surface area contributed by atoms with E-state index in [9.17, 15) is 5.11 Å². The molecular formula is C35H34O3P2. The van der Waals surface area contributed by atoms with Gasteiger partial charge in [0.2, 0.25) is 0 Å². The highest BCUT2D eigenvalue weighted by molar-refractivity contribution is 7.82. The van der Waals surface area contributed by atoms with Gasteiger partial charge in [-0.25, -0.2) is 0 Å². The van der Waals surface area contributed by atoms with Crippen molar-refractivity contribution in [2.24, 2.45) is 0 Å². The number of rotatable bonds is 11. The second-order valence-electron chi connectivity index (χ2n) is 10.1. The topological polar surface area (TPSA) is 54.4 Å². The Balaban J connectivity index is 1.67. The molecule has 0 fully saturated rings. The molecular weight excluding hydrogens is 530 g/mol. The minimum absolute atomic E-state index is 0.0814. The molecule has 5 aromatic carbocycles. The fourth-order valence-corrected chi connectivity index (χ4v) is 12.8. The summed E-state index contributed by atoms with van der Waals surface area (Å²) in [5.41, 5.74) is 0.330. The first-order chi connectivity index (χ1) is 19.5. The van der Waals surface area contributed by atoms with Crippen molar-refractivity contribution < 1.29 is 14.2 Å². The molecule has 0 radical (unpaired) electrons. The van der Waals surface area contributed by atoms with Crippen molar-refractivity contribution >= 4 is 35.5 Å². The van der Waals surface area contributed by atoms with Crippen LogP contribution in [0.1, 0.15) is 12.0 Å². The van der Waals surface area contributed by atoms with Gasteiger partial charge in [-0.2, -0.15) is 0 Å². The number of aliphatic hydroxyl groups excluding tert-OH is 1. The zero-order valence-electron chi connectivity index (χ0n) is 22.4. The van der Waals surface area contributed by atoms with E-state index < -0.39 is 26.0 Å². The predicted molar refractivity (Wildman–Crippen MR) is 169 cm³/mol. The van der Waals surface area contributed by atoms with Crippen LogP contribution in [-0.2, 0) is 15.6 Å². The van der Waals surface area contributed by atoms with Crippen molar-refractivity contribution in [3.05, 3.63) is 157 Å². The Morgan fingerprint density at radius 1 is 0.500 bits per heavy atom. The summed E-state index contributed by atoms with van der Waals surface area (Å²) in [5.74, 6) is 0. The summed E-state index contributed by atoms with van der Waals surface area (Å²) in [6.07, 6.45) is 0.162. The van der Waals surface area contributed by atoms with Gasteiger partial charge in [0.1, 0.15) is 14.3 Å². The number of hydrogen-bond donors (Lipinski definition) is 1. The molecule has 0 bridgehead atoms. The second kappa shape index (κ2) is 12.8. The van der Waals surface area contributed by atoms with E-state index in [1.165, 1.54) is 0 Å². The summed E-state index contributed by atoms with van der Waals surface area (Å²) in [6.45, 7) is 0. The first-order valence-electron chi connectivity index (χ1n) is 13.6. The van der Waals surface area contributed by atoms with Gasteiger partial charge in [0, 0.05) is 27.4 Å². The molecule has 0 aliphatic rings. The molecule has 5 heteroatoms. The maximum absolute atomic E-state index is 15.6. The largest absolute Gasteiger partial charge is 0.392 e. The first-order valence-corrected chi connectivity index (χ1v) is 17.3. The molecule has 0 unspecified atom stereocenters. The van der Waals surface area contributed by atoms with Crippen LogP contribution in [0, 0.1) is 0 Å². The molecule has 40 heavy (non-hydrogen) atoms. The van der Waals surface area contributed by atoms with E-state index in [-0.39, 0.29) is 6.16 Å². The number of aliphatic hydroxyl groups is 1. The van der Waals surface area contributed by atoms with E-state index in [0.29, 0.717) is 34.1 Å². The summed E-state index contributed by atoms with van der Waals surface area (Å²) in [6, 6.07) is 47.8. The Hall–Kier alpha value is -3.48. The summed E-state index contributed by atoms with van der Waals surface area (Å²) in [4.78, 5) is 0. The van der Waals surface area contributed by atoms with Crippen LogP contribution < -0.4 is 21.2 Å². The van der Waals surface area contributed by atoms with Gasteiger partial charge in [0.15, 0.2) is 0 Å². The molecule has 0 saturated carbocycles. The predicted octanol–water partition coefficient (Wildman–Crippen LogP) is 6.38. The Labute approximate surface area is 237 Å². The van der Waals surface area contributed by atoms with Crippen molar-refractivity contribution in [1.29, 1.82) is 0 Å². The highest BCUT2D eigenvalue weighted by Crippen LogP contribution is 2.57. The maximum atomic E-state index is 15.6. The van der Waals surface area contributed by atoms with Gasteiger partial charge < -0.3 is 14.2 Å². The third kappa shape index (κ3) is 5.98. The molecule has 0 heterocycles. The Morgan fingerprint density at radius 2 is 0.850 bits per heavy atom. The normalized spacial score (nSPS) is 13.4. The Kier molecular flexibility index (Phi) is 8.98. The zero-order valence-corrected chi connectivity index (χ0v) is 24.2. The minimum Gasteiger partial charge on any atom is -0.392 e. The molecule has 1 N–H and O–H groups in total. The number of aryl methyl sites for hydroxylation is 1. The maximum Gasteiger partial charge on any atom is 0.149 e. The third-order valence-corrected chi connectivity index (χ3v) is 14.6. The van der Waals surface area contributed by atoms with Gasteiger partial charge in [-0.1, -0.05) is 152 Å². The summed E-state index contributed by atoms with van der Waals surface area (Å²) in [5, 5.41) is 14.7. The molecule has 0 saturated heterocycles. The lowest BCUT2D eigenvalue weighted by molar-refractivity contribution is 0.164. The summed E-state index contributed by atoms with van der Waals surface area (Å²) < 4.78 is 30.9. The molecule has 0 aromatic heterocycles. The summed E-state index contributed by atoms with van der Waals surface area (Å²) >= 11 is 0. The average Bonchev–Trinajstić information content (AvgIpc) is 3.04. The van der Waals surface area contributed by atoms with Gasteiger partial charge in [-0.3, -0.25) is 0 Å². The SMILES string of the molecule is O=P(C[C@@H]([C@H](O)CCc1ccccc1)P(=O)(c1ccccc1)c1ccccc1)(c1ccccc1)c1ccccc1. The second-order valence-corrected chi connectivity index (χ2v) is 16.0. The van der Waals surface area contributed by atoms with Gasteiger partial charge in [-0.05, 0) is 18.4 Å². The molecule has 3 nitrogen and oxygen atoms in total. The Bertz CT molecular complexity index is 1490. The van der Waals surface area contributed by atoms with Gasteiger partial charge in [0.25, 0.3) is 0 Å². The van der Waals surface area contributed by atoms with Crippen LogP contribution >= 0.6 is 14.3 Å². The van der Waals surface area contributed by atoms with E-state index in [0.717, 1.165) is 5.56 Å². The van der Waals surface area contributed by atoms with Gasteiger partial charge in [0.05, 0.1) is 11.8 Å². The van der Waals surface area contributed by atoms with Crippen LogP contribution in [0.2, 0.25) is 0 Å². The Morgan fingerprint density at radius 3 is 1.25 bits per heavy atom. The number of benzene rings is 5. The van der Waals surface area contributed by atoms with E-state index in [2.05, 4.69) is 0 Å². The van der Waals surface area contributed by atoms with Gasteiger partial charge >= 0.3 is 0 Å². The molecule has 5 aromatic rings. The first kappa shape index (κ1) is 28.1. The third-order valence-electron chi connectivity index (χ3n) is 7.55. The van der Waals surface area contributed by atoms with Gasteiger partial charge in [-0.15, -0.1) is 0 Å². The van der Waals surface area contributed by atoms with Crippen LogP contribution in [0.3, 0.4) is 0 Å². The van der Waals surface area contributed by atoms with E-state index in [4.69, 9.17) is 0 Å². The lowest BCUT2D eigenvalue weighted by Crippen LogP contribution is -2.39. The molecule has 202 valence electrons. The highest BCUT2D eigenvalue weighted by Gasteiger charge is 2.45. The monoisotopic (exact) mass is 564 g/mol. The smallest absolute Gasteiger partial charge is 0.149 e. The van der Waals surface area contributed by atoms with Crippen LogP contribution in [0.15, 0.2) is 152 Å². The quantitative estimate of drug-likeness (QED) is 0.190. The average molecular weight is 565 g/mol. The van der Waals surface area contributed by atoms with E-state index in [1.54, 1.807) is 0 Å². The minimum atomic E-state index is -3.47. The van der Waals surface area contributed by atoms with Crippen LogP contribution in [0.25, 0.3) is 0 Å². The van der Waals surface area contributed by atoms with E-state index in [1.807, 2.05) is 152 Å². The molecule has 0 amide bonds. The fourth-order valence-electron chi connectivity index (χ4n) is 5.42. The van der Waals surface area contributed by atoms with Crippen molar-refractivity contribution in [2.45, 2.75) is 24.6 Å². The van der Waals surface area contributed by atoms with Crippen LogP contribution in [0.4, 0.5) is 0 Å². The van der Waals surface area contributed by atoms with Crippen molar-refractivity contribution in [2.75, 3.05) is 6.16 Å². The zero-order chi connectivity index (χ0) is 27.8. The molecule has 0 aliphatic heterocycles. The van der Waals surface area contributed by atoms with Crippen LogP contribution in [-0.4, -0.2) is 23.0 Å². The lowest BCUT2D eigenvalue weighted by Gasteiger charge is -2.35. The molecule has 2 atom stereocenters. The van der Waals surface area contributed by atoms with Crippen LogP contribution in [0.5, 0.6) is 0 Å².